The summed E-state index contributed by atoms with van der Waals surface area (Å²) in [6.07, 6.45) is -1.61. The molecule has 11 heteroatoms. The molecule has 11 nitrogen and oxygen atoms in total. The van der Waals surface area contributed by atoms with Gasteiger partial charge >= 0.3 is 5.69 Å². The number of carbonyl (C=O) groups excluding carboxylic acids is 1. The number of methoxy groups -OCH3 is 1. The highest BCUT2D eigenvalue weighted by atomic mass is 16.5. The van der Waals surface area contributed by atoms with Crippen molar-refractivity contribution >= 4 is 5.91 Å². The van der Waals surface area contributed by atoms with Crippen molar-refractivity contribution in [3.8, 4) is 0 Å². The fraction of sp³-hybridized carbons (Fsp3) is 0.643. The molecule has 0 aliphatic carbocycles. The number of rotatable bonds is 7. The van der Waals surface area contributed by atoms with Gasteiger partial charge < -0.3 is 30.1 Å². The summed E-state index contributed by atoms with van der Waals surface area (Å²) in [5, 5.41) is 31.7. The van der Waals surface area contributed by atoms with Gasteiger partial charge in [-0.05, 0) is 0 Å². The Morgan fingerprint density at radius 2 is 2.24 bits per heavy atom. The number of carbonyl (C=O) groups is 1. The molecule has 140 valence electrons. The first-order valence-corrected chi connectivity index (χ1v) is 7.58. The fourth-order valence-corrected chi connectivity index (χ4v) is 2.62. The molecule has 5 N–H and O–H groups in total. The minimum atomic E-state index is -2.07. The van der Waals surface area contributed by atoms with E-state index in [1.165, 1.54) is 7.11 Å². The summed E-state index contributed by atoms with van der Waals surface area (Å²) in [5.41, 5.74) is -3.72. The average Bonchev–Trinajstić information content (AvgIpc) is 2.93. The Morgan fingerprint density at radius 3 is 2.84 bits per heavy atom. The fourth-order valence-electron chi connectivity index (χ4n) is 2.62. The highest BCUT2D eigenvalue weighted by Crippen LogP contribution is 2.36. The predicted octanol–water partition coefficient (Wildman–Crippen LogP) is -3.20. The van der Waals surface area contributed by atoms with Crippen LogP contribution in [-0.4, -0.2) is 69.4 Å². The largest absolute Gasteiger partial charge is 0.394 e. The van der Waals surface area contributed by atoms with Crippen molar-refractivity contribution in [2.75, 3.05) is 26.9 Å². The quantitative estimate of drug-likeness (QED) is 0.318. The normalized spacial score (nSPS) is 25.9. The van der Waals surface area contributed by atoms with Crippen molar-refractivity contribution in [1.82, 2.24) is 14.9 Å². The maximum absolute atomic E-state index is 12.3. The van der Waals surface area contributed by atoms with Crippen LogP contribution in [0.25, 0.3) is 0 Å². The van der Waals surface area contributed by atoms with Gasteiger partial charge in [-0.25, -0.2) is 4.79 Å². The molecule has 1 aliphatic heterocycles. The maximum Gasteiger partial charge on any atom is 0.330 e. The van der Waals surface area contributed by atoms with Crippen molar-refractivity contribution in [2.24, 2.45) is 0 Å². The first kappa shape index (κ1) is 19.3. The van der Waals surface area contributed by atoms with Gasteiger partial charge in [-0.2, -0.15) is 0 Å². The highest BCUT2D eigenvalue weighted by Gasteiger charge is 2.53. The zero-order valence-corrected chi connectivity index (χ0v) is 13.6. The molecule has 3 atom stereocenters. The molecule has 0 spiro atoms. The number of aromatic amines is 1. The lowest BCUT2D eigenvalue weighted by molar-refractivity contribution is -0.149. The van der Waals surface area contributed by atoms with Crippen LogP contribution in [0.4, 0.5) is 0 Å². The molecule has 1 aliphatic rings. The number of aromatic nitrogens is 2. The smallest absolute Gasteiger partial charge is 0.330 e. The van der Waals surface area contributed by atoms with Crippen LogP contribution in [0.5, 0.6) is 0 Å². The Balaban J connectivity index is 2.28. The third-order valence-electron chi connectivity index (χ3n) is 4.01. The highest BCUT2D eigenvalue weighted by molar-refractivity contribution is 5.86. The van der Waals surface area contributed by atoms with Crippen LogP contribution in [0, 0.1) is 0 Å². The zero-order chi connectivity index (χ0) is 18.6. The summed E-state index contributed by atoms with van der Waals surface area (Å²) >= 11 is 0. The standard InChI is InChI=1S/C14H21N3O8/c1-24-3-2-15-12(21)14(23)4-10(25-9(14)7-19)17-5-8(6-18)11(20)16-13(17)22/h5,9-10,18-19,23H,2-4,6-7H2,1H3,(H,15,21)(H,16,20,22)/t9-,10-,14+/m1/s1. The third-order valence-corrected chi connectivity index (χ3v) is 4.01. The van der Waals surface area contributed by atoms with Crippen molar-refractivity contribution in [1.29, 1.82) is 0 Å². The molecule has 1 saturated heterocycles. The lowest BCUT2D eigenvalue weighted by Gasteiger charge is -2.25. The lowest BCUT2D eigenvalue weighted by atomic mass is 9.94. The number of nitrogens with zero attached hydrogens (tertiary/aromatic N) is 1. The van der Waals surface area contributed by atoms with Gasteiger partial charge in [-0.1, -0.05) is 0 Å². The van der Waals surface area contributed by atoms with Crippen LogP contribution in [-0.2, 0) is 20.9 Å². The number of nitrogens with one attached hydrogen (secondary N) is 2. The first-order valence-electron chi connectivity index (χ1n) is 7.58. The maximum atomic E-state index is 12.3. The summed E-state index contributed by atoms with van der Waals surface area (Å²) in [5.74, 6) is -0.772. The number of amides is 1. The van der Waals surface area contributed by atoms with Crippen LogP contribution >= 0.6 is 0 Å². The second-order valence-corrected chi connectivity index (χ2v) is 5.62. The molecule has 1 amide bonds. The van der Waals surface area contributed by atoms with Crippen LogP contribution < -0.4 is 16.6 Å². The van der Waals surface area contributed by atoms with Gasteiger partial charge in [0.05, 0.1) is 25.4 Å². The van der Waals surface area contributed by atoms with Gasteiger partial charge in [-0.3, -0.25) is 19.1 Å². The molecule has 0 saturated carbocycles. The summed E-state index contributed by atoms with van der Waals surface area (Å²) in [6, 6.07) is 0. The van der Waals surface area contributed by atoms with Gasteiger partial charge in [0.25, 0.3) is 11.5 Å². The van der Waals surface area contributed by atoms with Gasteiger partial charge in [0.2, 0.25) is 0 Å². The predicted molar refractivity (Wildman–Crippen MR) is 82.7 cm³/mol. The topological polar surface area (TPSA) is 163 Å². The molecular formula is C14H21N3O8. The van der Waals surface area contributed by atoms with E-state index < -0.39 is 48.3 Å². The minimum absolute atomic E-state index is 0.0799. The van der Waals surface area contributed by atoms with Gasteiger partial charge in [0, 0.05) is 26.3 Å². The number of H-pyrrole nitrogens is 1. The Hall–Kier alpha value is -2.05. The van der Waals surface area contributed by atoms with E-state index in [1.807, 2.05) is 4.98 Å². The Bertz CT molecular complexity index is 730. The molecule has 2 rings (SSSR count). The molecule has 1 aromatic heterocycles. The molecule has 25 heavy (non-hydrogen) atoms. The lowest BCUT2D eigenvalue weighted by Crippen LogP contribution is -2.54. The van der Waals surface area contributed by atoms with Crippen molar-refractivity contribution < 1.29 is 29.6 Å². The van der Waals surface area contributed by atoms with Crippen LogP contribution in [0.2, 0.25) is 0 Å². The minimum Gasteiger partial charge on any atom is -0.394 e. The van der Waals surface area contributed by atoms with E-state index in [-0.39, 0.29) is 25.1 Å². The van der Waals surface area contributed by atoms with E-state index in [4.69, 9.17) is 14.6 Å². The Labute approximate surface area is 141 Å². The van der Waals surface area contributed by atoms with Gasteiger partial charge in [-0.15, -0.1) is 0 Å². The molecule has 1 fully saturated rings. The number of aliphatic hydroxyl groups is 3. The van der Waals surface area contributed by atoms with E-state index in [0.717, 1.165) is 10.8 Å². The number of hydrogen-bond donors (Lipinski definition) is 5. The van der Waals surface area contributed by atoms with E-state index in [9.17, 15) is 24.6 Å². The molecule has 1 aromatic rings. The van der Waals surface area contributed by atoms with Crippen LogP contribution in [0.1, 0.15) is 18.2 Å². The van der Waals surface area contributed by atoms with Gasteiger partial charge in [0.15, 0.2) is 5.60 Å². The monoisotopic (exact) mass is 359 g/mol. The van der Waals surface area contributed by atoms with E-state index in [0.29, 0.717) is 0 Å². The van der Waals surface area contributed by atoms with E-state index in [1.54, 1.807) is 0 Å². The second-order valence-electron chi connectivity index (χ2n) is 5.62. The summed E-state index contributed by atoms with van der Waals surface area (Å²) in [7, 11) is 1.45. The van der Waals surface area contributed by atoms with E-state index >= 15 is 0 Å². The van der Waals surface area contributed by atoms with E-state index in [2.05, 4.69) is 5.32 Å². The number of ether oxygens (including phenoxy) is 2. The molecular weight excluding hydrogens is 338 g/mol. The number of aliphatic hydroxyl groups excluding tert-OH is 2. The van der Waals surface area contributed by atoms with Crippen molar-refractivity contribution in [2.45, 2.75) is 31.0 Å². The molecule has 0 unspecified atom stereocenters. The summed E-state index contributed by atoms with van der Waals surface area (Å²) in [4.78, 5) is 37.7. The Morgan fingerprint density at radius 1 is 1.52 bits per heavy atom. The summed E-state index contributed by atoms with van der Waals surface area (Å²) < 4.78 is 11.2. The van der Waals surface area contributed by atoms with Gasteiger partial charge in [0.1, 0.15) is 12.3 Å². The van der Waals surface area contributed by atoms with Crippen molar-refractivity contribution in [3.63, 3.8) is 0 Å². The van der Waals surface area contributed by atoms with Crippen molar-refractivity contribution in [3.05, 3.63) is 32.6 Å². The molecule has 0 aromatic carbocycles. The SMILES string of the molecule is COCCNC(=O)[C@]1(O)C[C@H](n2cc(CO)c(=O)[nH]c2=O)O[C@@H]1CO. The zero-order valence-electron chi connectivity index (χ0n) is 13.6. The Kier molecular flexibility index (Phi) is 6.08. The second kappa shape index (κ2) is 7.89. The number of hydrogen-bond acceptors (Lipinski definition) is 8. The molecule has 0 radical (unpaired) electrons. The third kappa shape index (κ3) is 3.80. The molecule has 0 bridgehead atoms. The average molecular weight is 359 g/mol. The van der Waals surface area contributed by atoms with Crippen LogP contribution in [0.3, 0.4) is 0 Å². The summed E-state index contributed by atoms with van der Waals surface area (Å²) in [6.45, 7) is -0.883. The first-order chi connectivity index (χ1) is 11.9. The molecule has 2 heterocycles. The van der Waals surface area contributed by atoms with Crippen LogP contribution in [0.15, 0.2) is 15.8 Å².